The van der Waals surface area contributed by atoms with Gasteiger partial charge in [-0.25, -0.2) is 23.5 Å². The Morgan fingerprint density at radius 2 is 1.52 bits per heavy atom. The summed E-state index contributed by atoms with van der Waals surface area (Å²) in [4.78, 5) is 25.8. The molecule has 0 N–H and O–H groups in total. The molecular weight excluding hydrogens is 292 g/mol. The zero-order valence-corrected chi connectivity index (χ0v) is 12.0. The quantitative estimate of drug-likeness (QED) is 0.772. The first-order valence-corrected chi connectivity index (χ1v) is 8.16. The third-order valence-corrected chi connectivity index (χ3v) is 7.62. The molecule has 1 aromatic heterocycles. The van der Waals surface area contributed by atoms with Gasteiger partial charge < -0.3 is 0 Å². The highest BCUT2D eigenvalue weighted by atomic mass is 16.2. The number of nitrogens with zero attached hydrogens (tertiary/aromatic N) is 4. The highest BCUT2D eigenvalue weighted by Gasteiger charge is 2.98. The van der Waals surface area contributed by atoms with Crippen molar-refractivity contribution in [3.63, 3.8) is 0 Å². The summed E-state index contributed by atoms with van der Waals surface area (Å²) in [6.07, 6.45) is 0. The molecule has 0 spiro atoms. The minimum atomic E-state index is -0.241. The summed E-state index contributed by atoms with van der Waals surface area (Å²) >= 11 is 0. The molecule has 0 saturated heterocycles. The lowest BCUT2D eigenvalue weighted by atomic mass is 9.10. The number of hydrogen-bond donors (Lipinski definition) is 0. The standard InChI is InChI=1S/C17H12N4O2/c18-6-17-10-8-11(17)14-12(17)9(10)13(8)20-15(22)19(16(23)21(14)20)7-4-2-1-3-5-7/h1-5,8-14H/t8-,9-,10?,11-,12+,13?,14?,17?/m0/s1. The van der Waals surface area contributed by atoms with E-state index in [2.05, 4.69) is 6.07 Å². The van der Waals surface area contributed by atoms with E-state index in [1.165, 1.54) is 4.57 Å². The van der Waals surface area contributed by atoms with Crippen LogP contribution in [-0.4, -0.2) is 13.9 Å². The van der Waals surface area contributed by atoms with Gasteiger partial charge in [0.25, 0.3) is 0 Å². The van der Waals surface area contributed by atoms with Crippen molar-refractivity contribution in [3.8, 4) is 11.8 Å². The van der Waals surface area contributed by atoms with E-state index < -0.39 is 0 Å². The predicted molar refractivity (Wildman–Crippen MR) is 77.9 cm³/mol. The minimum absolute atomic E-state index is 0.0739. The van der Waals surface area contributed by atoms with Gasteiger partial charge in [0.2, 0.25) is 0 Å². The molecule has 6 nitrogen and oxygen atoms in total. The summed E-state index contributed by atoms with van der Waals surface area (Å²) in [5.41, 5.74) is 0.0235. The summed E-state index contributed by atoms with van der Waals surface area (Å²) in [7, 11) is 0. The van der Waals surface area contributed by atoms with Crippen LogP contribution in [0.3, 0.4) is 0 Å². The Kier molecular flexibility index (Phi) is 1.36. The van der Waals surface area contributed by atoms with Gasteiger partial charge in [-0.05, 0) is 29.9 Å². The molecule has 0 amide bonds. The van der Waals surface area contributed by atoms with Gasteiger partial charge in [-0.15, -0.1) is 0 Å². The third kappa shape index (κ3) is 0.724. The largest absolute Gasteiger partial charge is 0.352 e. The van der Waals surface area contributed by atoms with Gasteiger partial charge in [0.15, 0.2) is 0 Å². The van der Waals surface area contributed by atoms with Crippen LogP contribution in [0.25, 0.3) is 5.69 Å². The summed E-state index contributed by atoms with van der Waals surface area (Å²) in [6.45, 7) is 0. The van der Waals surface area contributed by atoms with Gasteiger partial charge in [0.1, 0.15) is 0 Å². The molecule has 4 saturated carbocycles. The van der Waals surface area contributed by atoms with Crippen molar-refractivity contribution in [2.24, 2.45) is 35.0 Å². The van der Waals surface area contributed by atoms with E-state index in [1.54, 1.807) is 21.5 Å². The molecule has 2 aliphatic heterocycles. The Morgan fingerprint density at radius 3 is 2.13 bits per heavy atom. The van der Waals surface area contributed by atoms with Crippen LogP contribution in [0.2, 0.25) is 0 Å². The molecule has 6 heteroatoms. The molecule has 4 fully saturated rings. The van der Waals surface area contributed by atoms with Crippen molar-refractivity contribution in [1.82, 2.24) is 13.9 Å². The molecular formula is C17H12N4O2. The van der Waals surface area contributed by atoms with Crippen LogP contribution in [0.5, 0.6) is 0 Å². The molecule has 2 aromatic rings. The molecule has 4 aliphatic carbocycles. The molecule has 1 aromatic carbocycles. The van der Waals surface area contributed by atoms with E-state index in [-0.39, 0.29) is 28.9 Å². The van der Waals surface area contributed by atoms with Crippen molar-refractivity contribution < 1.29 is 0 Å². The number of para-hydroxylation sites is 1. The fraction of sp³-hybridized carbons (Fsp3) is 0.471. The summed E-state index contributed by atoms with van der Waals surface area (Å²) in [5.74, 6) is 2.03. The Labute approximate surface area is 130 Å². The fourth-order valence-electron chi connectivity index (χ4n) is 7.16. The summed E-state index contributed by atoms with van der Waals surface area (Å²) < 4.78 is 4.70. The molecule has 112 valence electrons. The molecule has 8 rings (SSSR count). The molecule has 0 radical (unpaired) electrons. The van der Waals surface area contributed by atoms with Gasteiger partial charge >= 0.3 is 11.4 Å². The molecule has 8 atom stereocenters. The average Bonchev–Trinajstić information content (AvgIpc) is 2.80. The van der Waals surface area contributed by atoms with E-state index in [1.807, 2.05) is 18.2 Å². The monoisotopic (exact) mass is 304 g/mol. The maximum atomic E-state index is 12.9. The predicted octanol–water partition coefficient (Wildman–Crippen LogP) is 0.542. The minimum Gasteiger partial charge on any atom is -0.245 e. The Hall–Kier alpha value is -2.55. The number of hydrogen-bond acceptors (Lipinski definition) is 3. The first-order valence-electron chi connectivity index (χ1n) is 8.16. The van der Waals surface area contributed by atoms with Crippen LogP contribution in [0, 0.1) is 46.3 Å². The van der Waals surface area contributed by atoms with Crippen LogP contribution in [-0.2, 0) is 0 Å². The lowest BCUT2D eigenvalue weighted by molar-refractivity contribution is -0.486. The van der Waals surface area contributed by atoms with Crippen LogP contribution < -0.4 is 11.4 Å². The summed E-state index contributed by atoms with van der Waals surface area (Å²) in [5, 5.41) is 9.58. The van der Waals surface area contributed by atoms with Gasteiger partial charge in [-0.2, -0.15) is 5.26 Å². The zero-order chi connectivity index (χ0) is 15.2. The first-order chi connectivity index (χ1) is 11.2. The fourth-order valence-corrected chi connectivity index (χ4v) is 7.16. The normalized spacial score (nSPS) is 48.0. The summed E-state index contributed by atoms with van der Waals surface area (Å²) in [6, 6.07) is 11.9. The Bertz CT molecular complexity index is 1060. The van der Waals surface area contributed by atoms with Crippen LogP contribution in [0.4, 0.5) is 0 Å². The topological polar surface area (TPSA) is 72.7 Å². The van der Waals surface area contributed by atoms with Gasteiger partial charge in [0.05, 0.1) is 29.3 Å². The average molecular weight is 304 g/mol. The lowest BCUT2D eigenvalue weighted by Gasteiger charge is -2.94. The van der Waals surface area contributed by atoms with Crippen molar-refractivity contribution in [3.05, 3.63) is 51.3 Å². The number of rotatable bonds is 1. The third-order valence-electron chi connectivity index (χ3n) is 7.62. The SMILES string of the molecule is N#CC12C3[C@@H]4C5[C@@H]3[C@@H]1C([C@H]42)n1c(=O)n(-c2ccccc2)c(=O)n15. The number of nitriles is 1. The second kappa shape index (κ2) is 2.82. The van der Waals surface area contributed by atoms with E-state index in [0.29, 0.717) is 35.3 Å². The highest BCUT2D eigenvalue weighted by molar-refractivity contribution is 5.48. The molecule has 4 unspecified atom stereocenters. The van der Waals surface area contributed by atoms with Crippen LogP contribution in [0.15, 0.2) is 39.9 Å². The Morgan fingerprint density at radius 1 is 0.913 bits per heavy atom. The molecule has 23 heavy (non-hydrogen) atoms. The van der Waals surface area contributed by atoms with Crippen molar-refractivity contribution in [2.75, 3.05) is 0 Å². The van der Waals surface area contributed by atoms with Gasteiger partial charge in [0, 0.05) is 11.8 Å². The number of aromatic nitrogens is 3. The highest BCUT2D eigenvalue weighted by Crippen LogP contribution is 2.97. The van der Waals surface area contributed by atoms with Crippen molar-refractivity contribution in [2.45, 2.75) is 12.1 Å². The second-order valence-electron chi connectivity index (χ2n) is 7.68. The van der Waals surface area contributed by atoms with Gasteiger partial charge in [-0.3, -0.25) is 0 Å². The van der Waals surface area contributed by atoms with Crippen molar-refractivity contribution >= 4 is 0 Å². The lowest BCUT2D eigenvalue weighted by Crippen LogP contribution is -2.96. The molecule has 3 heterocycles. The van der Waals surface area contributed by atoms with Crippen LogP contribution >= 0.6 is 0 Å². The zero-order valence-electron chi connectivity index (χ0n) is 12.0. The Balaban J connectivity index is 1.53. The van der Waals surface area contributed by atoms with E-state index in [4.69, 9.17) is 0 Å². The maximum Gasteiger partial charge on any atom is 0.352 e. The number of benzene rings is 1. The smallest absolute Gasteiger partial charge is 0.245 e. The van der Waals surface area contributed by atoms with Crippen LogP contribution in [0.1, 0.15) is 12.1 Å². The van der Waals surface area contributed by atoms with E-state index in [9.17, 15) is 14.9 Å². The van der Waals surface area contributed by atoms with E-state index >= 15 is 0 Å². The van der Waals surface area contributed by atoms with Crippen molar-refractivity contribution in [1.29, 1.82) is 5.26 Å². The van der Waals surface area contributed by atoms with E-state index in [0.717, 1.165) is 0 Å². The molecule has 6 aliphatic rings. The molecule has 2 bridgehead atoms. The second-order valence-corrected chi connectivity index (χ2v) is 7.68. The maximum absolute atomic E-state index is 12.9. The van der Waals surface area contributed by atoms with Gasteiger partial charge in [-0.1, -0.05) is 18.2 Å². The first kappa shape index (κ1) is 11.1.